The molecule has 0 saturated carbocycles. The summed E-state index contributed by atoms with van der Waals surface area (Å²) >= 11 is 0. The van der Waals surface area contributed by atoms with Gasteiger partial charge in [0.25, 0.3) is 0 Å². The van der Waals surface area contributed by atoms with Gasteiger partial charge in [-0.05, 0) is 35.6 Å². The number of fused-ring (bicyclic) bond motifs is 2. The average molecular weight is 451 g/mol. The summed E-state index contributed by atoms with van der Waals surface area (Å²) in [5.74, 6) is 1.68. The van der Waals surface area contributed by atoms with Gasteiger partial charge in [-0.15, -0.1) is 0 Å². The van der Waals surface area contributed by atoms with Gasteiger partial charge in [-0.1, -0.05) is 30.3 Å². The fourth-order valence-corrected chi connectivity index (χ4v) is 3.82. The molecule has 0 atom stereocenters. The van der Waals surface area contributed by atoms with Crippen molar-refractivity contribution in [2.24, 2.45) is 0 Å². The maximum atomic E-state index is 5.52. The van der Waals surface area contributed by atoms with Crippen LogP contribution in [0.25, 0.3) is 22.0 Å². The van der Waals surface area contributed by atoms with Crippen LogP contribution in [0.4, 0.5) is 0 Å². The average Bonchev–Trinajstić information content (AvgIpc) is 3.37. The van der Waals surface area contributed by atoms with Crippen LogP contribution in [0.1, 0.15) is 18.4 Å². The van der Waals surface area contributed by atoms with E-state index in [2.05, 4.69) is 76.7 Å². The molecule has 1 aliphatic heterocycles. The smallest absolute Gasteiger partial charge is 0.231 e. The number of nitrogens with zero attached hydrogens (tertiary/aromatic N) is 1. The van der Waals surface area contributed by atoms with Gasteiger partial charge in [0.15, 0.2) is 23.9 Å². The predicted molar refractivity (Wildman–Crippen MR) is 109 cm³/mol. The van der Waals surface area contributed by atoms with Gasteiger partial charge in [0.2, 0.25) is 6.79 Å². The largest absolute Gasteiger partial charge is 1.00 e. The lowest BCUT2D eigenvalue weighted by atomic mass is 10.1. The summed E-state index contributed by atoms with van der Waals surface area (Å²) in [6.07, 6.45) is 9.81. The Labute approximate surface area is 180 Å². The van der Waals surface area contributed by atoms with Crippen molar-refractivity contribution < 1.29 is 31.0 Å². The van der Waals surface area contributed by atoms with E-state index >= 15 is 0 Å². The molecule has 2 aromatic carbocycles. The molecule has 1 N–H and O–H groups in total. The topological polar surface area (TPSA) is 38.1 Å². The molecule has 0 bridgehead atoms. The van der Waals surface area contributed by atoms with Crippen LogP contribution >= 0.6 is 0 Å². The number of H-pyrrole nitrogens is 1. The van der Waals surface area contributed by atoms with Crippen molar-refractivity contribution in [3.8, 4) is 22.6 Å². The van der Waals surface area contributed by atoms with Gasteiger partial charge in [-0.25, -0.2) is 4.57 Å². The highest BCUT2D eigenvalue weighted by Gasteiger charge is 2.16. The Morgan fingerprint density at radius 3 is 2.38 bits per heavy atom. The standard InChI is InChI=1S/C24H23N2O2.BrH/c1-2-6-18(7-3-1)19-9-12-26(13-10-19)11-5-4-8-20-16-25-22-15-24-23(14-21(20)22)27-17-28-24;/h1-3,6-7,9-10,12-16,25H,4-5,8,11,17H2;1H/q+1;/p-1. The zero-order valence-electron chi connectivity index (χ0n) is 16.1. The summed E-state index contributed by atoms with van der Waals surface area (Å²) in [5.41, 5.74) is 4.98. The summed E-state index contributed by atoms with van der Waals surface area (Å²) < 4.78 is 13.2. The van der Waals surface area contributed by atoms with Gasteiger partial charge in [-0.2, -0.15) is 0 Å². The molecule has 2 aromatic heterocycles. The van der Waals surface area contributed by atoms with Gasteiger partial charge in [0.05, 0.1) is 0 Å². The minimum Gasteiger partial charge on any atom is -1.00 e. The molecule has 0 fully saturated rings. The number of aryl methyl sites for hydroxylation is 2. The molecule has 148 valence electrons. The Morgan fingerprint density at radius 1 is 0.862 bits per heavy atom. The molecule has 5 rings (SSSR count). The Kier molecular flexibility index (Phi) is 5.86. The molecule has 4 nitrogen and oxygen atoms in total. The van der Waals surface area contributed by atoms with Crippen LogP contribution in [0.3, 0.4) is 0 Å². The lowest BCUT2D eigenvalue weighted by molar-refractivity contribution is -0.697. The zero-order chi connectivity index (χ0) is 18.8. The van der Waals surface area contributed by atoms with Crippen molar-refractivity contribution in [2.45, 2.75) is 25.8 Å². The maximum Gasteiger partial charge on any atom is 0.231 e. The number of ether oxygens (including phenoxy) is 2. The molecule has 3 heterocycles. The lowest BCUT2D eigenvalue weighted by Gasteiger charge is -2.02. The molecule has 5 heteroatoms. The SMILES string of the molecule is [Br-].c1ccc(-c2cc[n+](CCCCc3c[nH]c4cc5c(cc34)OCO5)cc2)cc1. The van der Waals surface area contributed by atoms with Crippen LogP contribution in [0, 0.1) is 0 Å². The normalized spacial score (nSPS) is 12.1. The van der Waals surface area contributed by atoms with E-state index in [1.807, 2.05) is 6.07 Å². The van der Waals surface area contributed by atoms with E-state index in [1.54, 1.807) is 0 Å². The number of halogens is 1. The first kappa shape index (κ1) is 19.5. The number of hydrogen-bond acceptors (Lipinski definition) is 2. The third-order valence-corrected chi connectivity index (χ3v) is 5.37. The predicted octanol–water partition coefficient (Wildman–Crippen LogP) is 1.88. The zero-order valence-corrected chi connectivity index (χ0v) is 17.7. The second kappa shape index (κ2) is 8.70. The number of unbranched alkanes of at least 4 members (excludes halogenated alkanes) is 1. The fraction of sp³-hybridized carbons (Fsp3) is 0.208. The molecule has 1 aliphatic rings. The van der Waals surface area contributed by atoms with E-state index in [-0.39, 0.29) is 17.0 Å². The van der Waals surface area contributed by atoms with Crippen LogP contribution in [0.2, 0.25) is 0 Å². The van der Waals surface area contributed by atoms with E-state index in [4.69, 9.17) is 9.47 Å². The van der Waals surface area contributed by atoms with E-state index in [0.717, 1.165) is 42.8 Å². The molecule has 0 unspecified atom stereocenters. The number of aromatic nitrogens is 2. The number of hydrogen-bond donors (Lipinski definition) is 1. The Hall–Kier alpha value is -2.79. The summed E-state index contributed by atoms with van der Waals surface area (Å²) in [6, 6.07) is 19.0. The number of pyridine rings is 1. The van der Waals surface area contributed by atoms with Crippen molar-refractivity contribution in [2.75, 3.05) is 6.79 Å². The van der Waals surface area contributed by atoms with Crippen LogP contribution in [0.5, 0.6) is 11.5 Å². The molecule has 0 amide bonds. The quantitative estimate of drug-likeness (QED) is 0.359. The van der Waals surface area contributed by atoms with Gasteiger partial charge in [-0.3, -0.25) is 0 Å². The first-order valence-corrected chi connectivity index (χ1v) is 9.81. The van der Waals surface area contributed by atoms with E-state index in [9.17, 15) is 0 Å². The highest BCUT2D eigenvalue weighted by Crippen LogP contribution is 2.37. The van der Waals surface area contributed by atoms with Crippen molar-refractivity contribution in [3.05, 3.63) is 78.8 Å². The van der Waals surface area contributed by atoms with Gasteiger partial charge in [0.1, 0.15) is 6.54 Å². The minimum absolute atomic E-state index is 0. The van der Waals surface area contributed by atoms with Crippen LogP contribution in [-0.2, 0) is 13.0 Å². The second-order valence-electron chi connectivity index (χ2n) is 7.21. The third kappa shape index (κ3) is 4.15. The van der Waals surface area contributed by atoms with Gasteiger partial charge < -0.3 is 31.4 Å². The van der Waals surface area contributed by atoms with E-state index in [1.165, 1.54) is 22.1 Å². The Balaban J connectivity index is 0.00000205. The number of rotatable bonds is 6. The monoisotopic (exact) mass is 450 g/mol. The molecule has 0 radical (unpaired) electrons. The first-order valence-electron chi connectivity index (χ1n) is 9.81. The summed E-state index contributed by atoms with van der Waals surface area (Å²) in [6.45, 7) is 1.35. The van der Waals surface area contributed by atoms with Crippen molar-refractivity contribution in [3.63, 3.8) is 0 Å². The minimum atomic E-state index is 0. The molecule has 4 aromatic rings. The lowest BCUT2D eigenvalue weighted by Crippen LogP contribution is -3.00. The molecular formula is C24H23BrN2O2. The first-order chi connectivity index (χ1) is 13.9. The summed E-state index contributed by atoms with van der Waals surface area (Å²) in [5, 5.41) is 1.24. The Morgan fingerprint density at radius 2 is 1.59 bits per heavy atom. The van der Waals surface area contributed by atoms with Crippen molar-refractivity contribution >= 4 is 10.9 Å². The van der Waals surface area contributed by atoms with Gasteiger partial charge in [0, 0.05) is 41.7 Å². The van der Waals surface area contributed by atoms with Crippen LogP contribution < -0.4 is 31.0 Å². The summed E-state index contributed by atoms with van der Waals surface area (Å²) in [4.78, 5) is 3.36. The summed E-state index contributed by atoms with van der Waals surface area (Å²) in [7, 11) is 0. The van der Waals surface area contributed by atoms with E-state index in [0.29, 0.717) is 6.79 Å². The van der Waals surface area contributed by atoms with Crippen molar-refractivity contribution in [1.29, 1.82) is 0 Å². The van der Waals surface area contributed by atoms with Crippen LogP contribution in [-0.4, -0.2) is 11.8 Å². The highest BCUT2D eigenvalue weighted by molar-refractivity contribution is 5.86. The molecule has 0 spiro atoms. The molecule has 0 saturated heterocycles. The number of nitrogens with one attached hydrogen (secondary N) is 1. The van der Waals surface area contributed by atoms with Crippen LogP contribution in [0.15, 0.2) is 73.2 Å². The van der Waals surface area contributed by atoms with Gasteiger partial charge >= 0.3 is 0 Å². The third-order valence-electron chi connectivity index (χ3n) is 5.37. The Bertz CT molecular complexity index is 1090. The van der Waals surface area contributed by atoms with Crippen molar-refractivity contribution in [1.82, 2.24) is 4.98 Å². The highest BCUT2D eigenvalue weighted by atomic mass is 79.9. The number of benzene rings is 2. The molecular weight excluding hydrogens is 428 g/mol. The molecule has 29 heavy (non-hydrogen) atoms. The van der Waals surface area contributed by atoms with E-state index < -0.39 is 0 Å². The molecule has 0 aliphatic carbocycles. The number of aromatic amines is 1. The maximum absolute atomic E-state index is 5.52. The fourth-order valence-electron chi connectivity index (χ4n) is 3.82. The second-order valence-corrected chi connectivity index (χ2v) is 7.21.